The van der Waals surface area contributed by atoms with Gasteiger partial charge in [-0.1, -0.05) is 26.0 Å². The van der Waals surface area contributed by atoms with Crippen molar-refractivity contribution in [2.24, 2.45) is 0 Å². The standard InChI is InChI=1S/C12H13NO2/c1-7(2)8-5-4-6-9-10(8)12(15)13(3)11(9)14/h4-7H,1-3H3. The Labute approximate surface area is 88.7 Å². The molecule has 0 radical (unpaired) electrons. The maximum atomic E-state index is 11.8. The third kappa shape index (κ3) is 1.27. The molecule has 1 aliphatic rings. The fourth-order valence-electron chi connectivity index (χ4n) is 1.91. The van der Waals surface area contributed by atoms with Crippen LogP contribution in [0.2, 0.25) is 0 Å². The highest BCUT2D eigenvalue weighted by Gasteiger charge is 2.34. The molecule has 0 N–H and O–H groups in total. The normalized spacial score (nSPS) is 15.1. The van der Waals surface area contributed by atoms with Crippen molar-refractivity contribution in [2.75, 3.05) is 7.05 Å². The molecular weight excluding hydrogens is 190 g/mol. The molecule has 2 rings (SSSR count). The first kappa shape index (κ1) is 9.90. The van der Waals surface area contributed by atoms with Crippen LogP contribution in [0.3, 0.4) is 0 Å². The van der Waals surface area contributed by atoms with Crippen LogP contribution in [-0.4, -0.2) is 23.8 Å². The highest BCUT2D eigenvalue weighted by atomic mass is 16.2. The van der Waals surface area contributed by atoms with Crippen LogP contribution in [0.1, 0.15) is 46.0 Å². The van der Waals surface area contributed by atoms with E-state index in [4.69, 9.17) is 0 Å². The van der Waals surface area contributed by atoms with Gasteiger partial charge < -0.3 is 0 Å². The lowest BCUT2D eigenvalue weighted by atomic mass is 9.94. The van der Waals surface area contributed by atoms with E-state index in [-0.39, 0.29) is 17.7 Å². The average Bonchev–Trinajstić information content (AvgIpc) is 2.44. The fraction of sp³-hybridized carbons (Fsp3) is 0.333. The van der Waals surface area contributed by atoms with E-state index in [2.05, 4.69) is 0 Å². The van der Waals surface area contributed by atoms with Crippen LogP contribution in [0.5, 0.6) is 0 Å². The summed E-state index contributed by atoms with van der Waals surface area (Å²) in [4.78, 5) is 24.7. The van der Waals surface area contributed by atoms with E-state index in [1.165, 1.54) is 11.9 Å². The number of nitrogens with zero attached hydrogens (tertiary/aromatic N) is 1. The minimum Gasteiger partial charge on any atom is -0.277 e. The summed E-state index contributed by atoms with van der Waals surface area (Å²) in [5.41, 5.74) is 2.07. The first-order chi connectivity index (χ1) is 7.04. The molecular formula is C12H13NO2. The molecule has 3 heteroatoms. The number of hydrogen-bond donors (Lipinski definition) is 0. The van der Waals surface area contributed by atoms with Crippen molar-refractivity contribution in [3.8, 4) is 0 Å². The van der Waals surface area contributed by atoms with Gasteiger partial charge in [-0.05, 0) is 17.5 Å². The summed E-state index contributed by atoms with van der Waals surface area (Å²) >= 11 is 0. The van der Waals surface area contributed by atoms with Gasteiger partial charge in [0.2, 0.25) is 0 Å². The highest BCUT2D eigenvalue weighted by molar-refractivity contribution is 6.21. The van der Waals surface area contributed by atoms with Gasteiger partial charge in [0.15, 0.2) is 0 Å². The predicted octanol–water partition coefficient (Wildman–Crippen LogP) is 2.04. The number of carbonyl (C=O) groups excluding carboxylic acids is 2. The zero-order chi connectivity index (χ0) is 11.2. The van der Waals surface area contributed by atoms with Crippen molar-refractivity contribution in [3.63, 3.8) is 0 Å². The predicted molar refractivity (Wildman–Crippen MR) is 57.0 cm³/mol. The summed E-state index contributed by atoms with van der Waals surface area (Å²) in [7, 11) is 1.52. The summed E-state index contributed by atoms with van der Waals surface area (Å²) in [5.74, 6) is -0.125. The van der Waals surface area contributed by atoms with Crippen LogP contribution in [-0.2, 0) is 0 Å². The molecule has 0 unspecified atom stereocenters. The molecule has 1 aliphatic heterocycles. The van der Waals surface area contributed by atoms with Gasteiger partial charge in [0.05, 0.1) is 11.1 Å². The van der Waals surface area contributed by atoms with Crippen LogP contribution in [0.25, 0.3) is 0 Å². The van der Waals surface area contributed by atoms with Crippen LogP contribution >= 0.6 is 0 Å². The van der Waals surface area contributed by atoms with Crippen LogP contribution in [0.15, 0.2) is 18.2 Å². The van der Waals surface area contributed by atoms with Gasteiger partial charge in [-0.3, -0.25) is 14.5 Å². The number of imide groups is 1. The van der Waals surface area contributed by atoms with Crippen molar-refractivity contribution in [1.82, 2.24) is 4.90 Å². The number of rotatable bonds is 1. The zero-order valence-corrected chi connectivity index (χ0v) is 9.07. The first-order valence-electron chi connectivity index (χ1n) is 4.99. The van der Waals surface area contributed by atoms with Crippen LogP contribution in [0, 0.1) is 0 Å². The summed E-state index contributed by atoms with van der Waals surface area (Å²) < 4.78 is 0. The van der Waals surface area contributed by atoms with E-state index in [0.717, 1.165) is 5.56 Å². The Balaban J connectivity index is 2.69. The van der Waals surface area contributed by atoms with E-state index in [1.807, 2.05) is 26.0 Å². The number of benzene rings is 1. The fourth-order valence-corrected chi connectivity index (χ4v) is 1.91. The molecule has 0 aromatic heterocycles. The smallest absolute Gasteiger partial charge is 0.261 e. The molecule has 78 valence electrons. The van der Waals surface area contributed by atoms with Gasteiger partial charge in [0.25, 0.3) is 11.8 Å². The van der Waals surface area contributed by atoms with Crippen molar-refractivity contribution >= 4 is 11.8 Å². The second-order valence-electron chi connectivity index (χ2n) is 4.09. The maximum Gasteiger partial charge on any atom is 0.261 e. The van der Waals surface area contributed by atoms with Crippen molar-refractivity contribution in [3.05, 3.63) is 34.9 Å². The van der Waals surface area contributed by atoms with Crippen molar-refractivity contribution in [1.29, 1.82) is 0 Å². The second kappa shape index (κ2) is 3.19. The molecule has 0 spiro atoms. The zero-order valence-electron chi connectivity index (χ0n) is 9.07. The lowest BCUT2D eigenvalue weighted by Gasteiger charge is -2.09. The van der Waals surface area contributed by atoms with Gasteiger partial charge in [-0.25, -0.2) is 0 Å². The van der Waals surface area contributed by atoms with E-state index < -0.39 is 0 Å². The van der Waals surface area contributed by atoms with Gasteiger partial charge in [-0.2, -0.15) is 0 Å². The SMILES string of the molecule is CC(C)c1cccc2c1C(=O)N(C)C2=O. The topological polar surface area (TPSA) is 37.4 Å². The third-order valence-corrected chi connectivity index (χ3v) is 2.77. The molecule has 15 heavy (non-hydrogen) atoms. The summed E-state index contributed by atoms with van der Waals surface area (Å²) in [5, 5.41) is 0. The number of hydrogen-bond acceptors (Lipinski definition) is 2. The molecule has 1 aromatic rings. The van der Waals surface area contributed by atoms with Crippen molar-refractivity contribution in [2.45, 2.75) is 19.8 Å². The molecule has 0 bridgehead atoms. The van der Waals surface area contributed by atoms with E-state index in [1.54, 1.807) is 6.07 Å². The van der Waals surface area contributed by atoms with E-state index >= 15 is 0 Å². The number of carbonyl (C=O) groups is 2. The maximum absolute atomic E-state index is 11.8. The average molecular weight is 203 g/mol. The van der Waals surface area contributed by atoms with Crippen molar-refractivity contribution < 1.29 is 9.59 Å². The van der Waals surface area contributed by atoms with Gasteiger partial charge in [0, 0.05) is 7.05 Å². The molecule has 0 saturated carbocycles. The Morgan fingerprint density at radius 1 is 1.13 bits per heavy atom. The number of fused-ring (bicyclic) bond motifs is 1. The molecule has 1 aromatic carbocycles. The highest BCUT2D eigenvalue weighted by Crippen LogP contribution is 2.29. The Morgan fingerprint density at radius 2 is 1.80 bits per heavy atom. The Morgan fingerprint density at radius 3 is 2.40 bits per heavy atom. The third-order valence-electron chi connectivity index (χ3n) is 2.77. The first-order valence-corrected chi connectivity index (χ1v) is 4.99. The summed E-state index contributed by atoms with van der Waals surface area (Å²) in [6, 6.07) is 5.46. The van der Waals surface area contributed by atoms with E-state index in [0.29, 0.717) is 11.1 Å². The molecule has 3 nitrogen and oxygen atoms in total. The quantitative estimate of drug-likeness (QED) is 0.655. The lowest BCUT2D eigenvalue weighted by Crippen LogP contribution is -2.24. The largest absolute Gasteiger partial charge is 0.277 e. The summed E-state index contributed by atoms with van der Waals surface area (Å²) in [6.07, 6.45) is 0. The van der Waals surface area contributed by atoms with E-state index in [9.17, 15) is 9.59 Å². The molecule has 0 fully saturated rings. The molecule has 1 heterocycles. The Hall–Kier alpha value is -1.64. The monoisotopic (exact) mass is 203 g/mol. The minimum atomic E-state index is -0.197. The molecule has 2 amide bonds. The van der Waals surface area contributed by atoms with Gasteiger partial charge >= 0.3 is 0 Å². The van der Waals surface area contributed by atoms with Gasteiger partial charge in [0.1, 0.15) is 0 Å². The lowest BCUT2D eigenvalue weighted by molar-refractivity contribution is 0.0692. The van der Waals surface area contributed by atoms with Gasteiger partial charge in [-0.15, -0.1) is 0 Å². The Kier molecular flexibility index (Phi) is 2.11. The molecule has 0 aliphatic carbocycles. The molecule has 0 saturated heterocycles. The minimum absolute atomic E-state index is 0.181. The number of amides is 2. The Bertz CT molecular complexity index is 449. The second-order valence-corrected chi connectivity index (χ2v) is 4.09. The molecule has 0 atom stereocenters. The summed E-state index contributed by atoms with van der Waals surface area (Å²) in [6.45, 7) is 4.04. The van der Waals surface area contributed by atoms with Crippen LogP contribution < -0.4 is 0 Å². The van der Waals surface area contributed by atoms with Crippen LogP contribution in [0.4, 0.5) is 0 Å².